The summed E-state index contributed by atoms with van der Waals surface area (Å²) in [7, 11) is 0. The molecular formula is C21H23N5O4S2. The predicted molar refractivity (Wildman–Crippen MR) is 128 cm³/mol. The van der Waals surface area contributed by atoms with Crippen molar-refractivity contribution in [2.24, 2.45) is 0 Å². The zero-order valence-electron chi connectivity index (χ0n) is 17.8. The monoisotopic (exact) mass is 473 g/mol. The molecule has 0 atom stereocenters. The summed E-state index contributed by atoms with van der Waals surface area (Å²) >= 11 is 6.49. The summed E-state index contributed by atoms with van der Waals surface area (Å²) in [6, 6.07) is 5.34. The number of hydrogen-bond acceptors (Lipinski definition) is 8. The number of thioether (sulfide) groups is 1. The second-order valence-electron chi connectivity index (χ2n) is 7.18. The largest absolute Gasteiger partial charge is 0.450 e. The lowest BCUT2D eigenvalue weighted by Crippen LogP contribution is -2.49. The molecule has 4 heterocycles. The minimum absolute atomic E-state index is 0.210. The van der Waals surface area contributed by atoms with Crippen molar-refractivity contribution in [3.63, 3.8) is 0 Å². The molecule has 4 rings (SSSR count). The van der Waals surface area contributed by atoms with E-state index in [2.05, 4.69) is 0 Å². The Labute approximate surface area is 194 Å². The molecule has 2 saturated heterocycles. The molecule has 32 heavy (non-hydrogen) atoms. The molecule has 0 aromatic carbocycles. The Morgan fingerprint density at radius 2 is 1.97 bits per heavy atom. The lowest BCUT2D eigenvalue weighted by atomic mass is 10.2. The van der Waals surface area contributed by atoms with Gasteiger partial charge in [-0.1, -0.05) is 30.0 Å². The van der Waals surface area contributed by atoms with E-state index in [0.29, 0.717) is 65.6 Å². The first kappa shape index (κ1) is 22.3. The molecule has 2 aliphatic rings. The molecule has 9 nitrogen and oxygen atoms in total. The highest BCUT2D eigenvalue weighted by Gasteiger charge is 2.32. The van der Waals surface area contributed by atoms with E-state index in [0.717, 1.165) is 0 Å². The van der Waals surface area contributed by atoms with Crippen LogP contribution in [0.1, 0.15) is 19.4 Å². The van der Waals surface area contributed by atoms with E-state index < -0.39 is 0 Å². The fourth-order valence-electron chi connectivity index (χ4n) is 3.68. The molecule has 0 saturated carbocycles. The summed E-state index contributed by atoms with van der Waals surface area (Å²) in [6.07, 6.45) is 2.90. The number of carbonyl (C=O) groups is 2. The highest BCUT2D eigenvalue weighted by Crippen LogP contribution is 2.33. The van der Waals surface area contributed by atoms with Gasteiger partial charge in [-0.05, 0) is 32.1 Å². The molecule has 2 fully saturated rings. The third-order valence-corrected chi connectivity index (χ3v) is 6.70. The van der Waals surface area contributed by atoms with Crippen molar-refractivity contribution < 1.29 is 14.3 Å². The van der Waals surface area contributed by atoms with E-state index in [9.17, 15) is 14.4 Å². The Balaban J connectivity index is 1.74. The number of thiocarbonyl (C=S) groups is 1. The number of amides is 2. The van der Waals surface area contributed by atoms with E-state index in [1.807, 2.05) is 17.9 Å². The smallest absolute Gasteiger partial charge is 0.409 e. The third kappa shape index (κ3) is 4.09. The second-order valence-corrected chi connectivity index (χ2v) is 8.86. The molecule has 168 valence electrons. The zero-order valence-corrected chi connectivity index (χ0v) is 19.4. The standard InChI is InChI=1S/C21H23N5O4S2/c1-3-25-19(28)15(32-21(25)31)13-14-17(22-16-7-5-6-8-26(16)18(14)27)23-9-11-24(12-10-23)20(29)30-4-2/h5-8,13H,3-4,9-12H2,1-2H3. The van der Waals surface area contributed by atoms with E-state index in [1.54, 1.807) is 36.2 Å². The van der Waals surface area contributed by atoms with Gasteiger partial charge in [0.1, 0.15) is 15.8 Å². The Morgan fingerprint density at radius 1 is 1.22 bits per heavy atom. The maximum absolute atomic E-state index is 13.4. The summed E-state index contributed by atoms with van der Waals surface area (Å²) in [5.41, 5.74) is 0.577. The normalized spacial score (nSPS) is 18.2. The molecule has 0 spiro atoms. The molecular weight excluding hydrogens is 450 g/mol. The number of piperazine rings is 1. The SMILES string of the molecule is CCOC(=O)N1CCN(c2nc3ccccn3c(=O)c2C=C2SC(=S)N(CC)C2=O)CC1. The number of pyridine rings is 1. The molecule has 2 aliphatic heterocycles. The first-order valence-electron chi connectivity index (χ1n) is 10.4. The summed E-state index contributed by atoms with van der Waals surface area (Å²) in [6.45, 7) is 6.30. The maximum Gasteiger partial charge on any atom is 0.409 e. The van der Waals surface area contributed by atoms with Crippen molar-refractivity contribution in [1.29, 1.82) is 0 Å². The Hall–Kier alpha value is -2.92. The lowest BCUT2D eigenvalue weighted by molar-refractivity contribution is -0.121. The number of fused-ring (bicyclic) bond motifs is 1. The lowest BCUT2D eigenvalue weighted by Gasteiger charge is -2.35. The van der Waals surface area contributed by atoms with Crippen LogP contribution in [-0.2, 0) is 9.53 Å². The fourth-order valence-corrected chi connectivity index (χ4v) is 5.04. The average Bonchev–Trinajstić information content (AvgIpc) is 3.07. The summed E-state index contributed by atoms with van der Waals surface area (Å²) in [5.74, 6) is 0.282. The van der Waals surface area contributed by atoms with Gasteiger partial charge in [0, 0.05) is 38.9 Å². The molecule has 0 unspecified atom stereocenters. The second kappa shape index (κ2) is 9.29. The van der Waals surface area contributed by atoms with Gasteiger partial charge in [0.15, 0.2) is 0 Å². The number of anilines is 1. The molecule has 0 bridgehead atoms. The van der Waals surface area contributed by atoms with Gasteiger partial charge in [-0.3, -0.25) is 18.9 Å². The van der Waals surface area contributed by atoms with Crippen LogP contribution in [0.2, 0.25) is 0 Å². The maximum atomic E-state index is 13.4. The first-order chi connectivity index (χ1) is 15.4. The average molecular weight is 474 g/mol. The molecule has 0 N–H and O–H groups in total. The molecule has 11 heteroatoms. The number of hydrogen-bond donors (Lipinski definition) is 0. The van der Waals surface area contributed by atoms with Gasteiger partial charge in [-0.15, -0.1) is 0 Å². The molecule has 0 radical (unpaired) electrons. The highest BCUT2D eigenvalue weighted by atomic mass is 32.2. The van der Waals surface area contributed by atoms with E-state index >= 15 is 0 Å². The van der Waals surface area contributed by atoms with Crippen LogP contribution >= 0.6 is 24.0 Å². The van der Waals surface area contributed by atoms with Crippen molar-refractivity contribution in [1.82, 2.24) is 19.2 Å². The van der Waals surface area contributed by atoms with Crippen LogP contribution in [0.3, 0.4) is 0 Å². The van der Waals surface area contributed by atoms with Crippen LogP contribution in [0.5, 0.6) is 0 Å². The summed E-state index contributed by atoms with van der Waals surface area (Å²) in [4.78, 5) is 48.4. The van der Waals surface area contributed by atoms with Gasteiger partial charge in [-0.25, -0.2) is 9.78 Å². The van der Waals surface area contributed by atoms with Crippen LogP contribution in [0.4, 0.5) is 10.6 Å². The summed E-state index contributed by atoms with van der Waals surface area (Å²) in [5, 5.41) is 0. The van der Waals surface area contributed by atoms with Crippen LogP contribution in [-0.4, -0.2) is 74.8 Å². The highest BCUT2D eigenvalue weighted by molar-refractivity contribution is 8.26. The van der Waals surface area contributed by atoms with E-state index in [-0.39, 0.29) is 17.6 Å². The number of aromatic nitrogens is 2. The quantitative estimate of drug-likeness (QED) is 0.493. The molecule has 2 amide bonds. The number of rotatable bonds is 4. The number of carbonyl (C=O) groups excluding carboxylic acids is 2. The van der Waals surface area contributed by atoms with Gasteiger partial charge in [0.2, 0.25) is 0 Å². The van der Waals surface area contributed by atoms with Crippen molar-refractivity contribution in [2.45, 2.75) is 13.8 Å². The minimum Gasteiger partial charge on any atom is -0.450 e. The van der Waals surface area contributed by atoms with E-state index in [4.69, 9.17) is 21.9 Å². The predicted octanol–water partition coefficient (Wildman–Crippen LogP) is 2.19. The van der Waals surface area contributed by atoms with Crippen LogP contribution < -0.4 is 10.5 Å². The number of likely N-dealkylation sites (N-methyl/N-ethyl adjacent to an activating group) is 1. The van der Waals surface area contributed by atoms with Gasteiger partial charge >= 0.3 is 6.09 Å². The van der Waals surface area contributed by atoms with Crippen molar-refractivity contribution in [3.05, 3.63) is 45.2 Å². The Bertz CT molecular complexity index is 1170. The summed E-state index contributed by atoms with van der Waals surface area (Å²) < 4.78 is 7.02. The van der Waals surface area contributed by atoms with E-state index in [1.165, 1.54) is 21.1 Å². The van der Waals surface area contributed by atoms with Gasteiger partial charge in [0.05, 0.1) is 17.1 Å². The molecule has 2 aromatic heterocycles. The van der Waals surface area contributed by atoms with Crippen molar-refractivity contribution in [2.75, 3.05) is 44.2 Å². The minimum atomic E-state index is -0.345. The fraction of sp³-hybridized carbons (Fsp3) is 0.381. The number of ether oxygens (including phenoxy) is 1. The third-order valence-electron chi connectivity index (χ3n) is 5.32. The van der Waals surface area contributed by atoms with Crippen LogP contribution in [0.15, 0.2) is 34.1 Å². The van der Waals surface area contributed by atoms with Gasteiger partial charge in [0.25, 0.3) is 11.5 Å². The Morgan fingerprint density at radius 3 is 2.62 bits per heavy atom. The zero-order chi connectivity index (χ0) is 22.8. The van der Waals surface area contributed by atoms with Crippen molar-refractivity contribution >= 4 is 57.8 Å². The number of nitrogens with zero attached hydrogens (tertiary/aromatic N) is 5. The van der Waals surface area contributed by atoms with Gasteiger partial charge < -0.3 is 14.5 Å². The molecule has 0 aliphatic carbocycles. The Kier molecular flexibility index (Phi) is 6.47. The van der Waals surface area contributed by atoms with Crippen LogP contribution in [0.25, 0.3) is 11.7 Å². The first-order valence-corrected chi connectivity index (χ1v) is 11.6. The topological polar surface area (TPSA) is 87.5 Å². The van der Waals surface area contributed by atoms with Gasteiger partial charge in [-0.2, -0.15) is 0 Å². The molecule has 2 aromatic rings. The van der Waals surface area contributed by atoms with Crippen LogP contribution in [0, 0.1) is 0 Å². The van der Waals surface area contributed by atoms with Crippen molar-refractivity contribution in [3.8, 4) is 0 Å².